The first-order valence-corrected chi connectivity index (χ1v) is 8.27. The number of para-hydroxylation sites is 1. The summed E-state index contributed by atoms with van der Waals surface area (Å²) in [4.78, 5) is 6.60. The van der Waals surface area contributed by atoms with Gasteiger partial charge in [-0.1, -0.05) is 18.2 Å². The Morgan fingerprint density at radius 3 is 2.36 bits per heavy atom. The summed E-state index contributed by atoms with van der Waals surface area (Å²) in [6.07, 6.45) is 0. The molecular weight excluding hydrogens is 316 g/mol. The molecule has 7 nitrogen and oxygen atoms in total. The normalized spacial score (nSPS) is 14.5. The Balaban J connectivity index is 1.49. The van der Waals surface area contributed by atoms with E-state index < -0.39 is 0 Å². The number of nitrogens with two attached hydrogens (primary N) is 1. The molecular formula is C18H20N6O. The minimum absolute atomic E-state index is 0.346. The molecule has 0 amide bonds. The van der Waals surface area contributed by atoms with E-state index in [2.05, 4.69) is 32.4 Å². The molecule has 0 unspecified atom stereocenters. The van der Waals surface area contributed by atoms with Crippen LogP contribution in [0.1, 0.15) is 0 Å². The minimum Gasteiger partial charge on any atom is -0.378 e. The lowest BCUT2D eigenvalue weighted by molar-refractivity contribution is 0.122. The molecule has 0 spiro atoms. The van der Waals surface area contributed by atoms with Crippen LogP contribution in [0.3, 0.4) is 0 Å². The molecule has 128 valence electrons. The Morgan fingerprint density at radius 2 is 1.64 bits per heavy atom. The van der Waals surface area contributed by atoms with E-state index in [0.29, 0.717) is 11.9 Å². The maximum atomic E-state index is 5.98. The number of rotatable bonds is 4. The van der Waals surface area contributed by atoms with Gasteiger partial charge in [-0.05, 0) is 36.4 Å². The number of nitrogen functional groups attached to an aromatic ring is 1. The highest BCUT2D eigenvalue weighted by atomic mass is 16.5. The van der Waals surface area contributed by atoms with Crippen LogP contribution in [0.4, 0.5) is 23.3 Å². The number of ether oxygens (including phenoxy) is 1. The number of hydrogen-bond donors (Lipinski definition) is 2. The fourth-order valence-electron chi connectivity index (χ4n) is 2.84. The molecule has 0 aliphatic carbocycles. The predicted octanol–water partition coefficient (Wildman–Crippen LogP) is 2.43. The molecule has 7 heteroatoms. The summed E-state index contributed by atoms with van der Waals surface area (Å²) in [5, 5.41) is 7.63. The van der Waals surface area contributed by atoms with Gasteiger partial charge in [0.1, 0.15) is 0 Å². The number of nitrogens with one attached hydrogen (secondary N) is 1. The molecule has 3 N–H and O–H groups in total. The van der Waals surface area contributed by atoms with E-state index in [0.717, 1.165) is 37.7 Å². The van der Waals surface area contributed by atoms with Gasteiger partial charge in [-0.3, -0.25) is 0 Å². The van der Waals surface area contributed by atoms with Crippen LogP contribution in [0.2, 0.25) is 0 Å². The Bertz CT molecular complexity index is 825. The Hall–Kier alpha value is -3.06. The molecule has 1 aliphatic rings. The van der Waals surface area contributed by atoms with Crippen LogP contribution in [-0.2, 0) is 4.74 Å². The summed E-state index contributed by atoms with van der Waals surface area (Å²) in [5.41, 5.74) is 8.97. The van der Waals surface area contributed by atoms with Crippen molar-refractivity contribution < 1.29 is 4.74 Å². The minimum atomic E-state index is 0.346. The van der Waals surface area contributed by atoms with Crippen molar-refractivity contribution in [1.82, 2.24) is 14.8 Å². The predicted molar refractivity (Wildman–Crippen MR) is 98.5 cm³/mol. The van der Waals surface area contributed by atoms with E-state index in [4.69, 9.17) is 10.5 Å². The van der Waals surface area contributed by atoms with Crippen molar-refractivity contribution in [3.05, 3.63) is 54.6 Å². The topological polar surface area (TPSA) is 81.2 Å². The summed E-state index contributed by atoms with van der Waals surface area (Å²) < 4.78 is 7.00. The van der Waals surface area contributed by atoms with E-state index >= 15 is 0 Å². The Kier molecular flexibility index (Phi) is 4.22. The quantitative estimate of drug-likeness (QED) is 0.761. The monoisotopic (exact) mass is 336 g/mol. The van der Waals surface area contributed by atoms with E-state index in [1.54, 1.807) is 4.68 Å². The van der Waals surface area contributed by atoms with Gasteiger partial charge in [-0.25, -0.2) is 0 Å². The van der Waals surface area contributed by atoms with Crippen LogP contribution in [-0.4, -0.2) is 41.1 Å². The average molecular weight is 336 g/mol. The van der Waals surface area contributed by atoms with Crippen LogP contribution in [0, 0.1) is 0 Å². The molecule has 1 saturated heterocycles. The maximum absolute atomic E-state index is 5.98. The molecule has 2 aromatic carbocycles. The number of anilines is 4. The van der Waals surface area contributed by atoms with Crippen LogP contribution in [0.15, 0.2) is 54.6 Å². The molecule has 3 aromatic rings. The number of nitrogens with zero attached hydrogens (tertiary/aromatic N) is 4. The van der Waals surface area contributed by atoms with Gasteiger partial charge in [0.25, 0.3) is 0 Å². The number of morpholine rings is 1. The summed E-state index contributed by atoms with van der Waals surface area (Å²) >= 11 is 0. The highest BCUT2D eigenvalue weighted by Crippen LogP contribution is 2.22. The lowest BCUT2D eigenvalue weighted by atomic mass is 10.2. The van der Waals surface area contributed by atoms with Gasteiger partial charge < -0.3 is 20.7 Å². The van der Waals surface area contributed by atoms with Crippen molar-refractivity contribution in [3.63, 3.8) is 0 Å². The lowest BCUT2D eigenvalue weighted by Crippen LogP contribution is -2.36. The Labute approximate surface area is 146 Å². The third-order valence-corrected chi connectivity index (χ3v) is 4.13. The SMILES string of the molecule is Nc1nc(Nc2ccc(N3CCOCC3)cc2)nn1-c1ccccc1. The maximum Gasteiger partial charge on any atom is 0.248 e. The van der Waals surface area contributed by atoms with Gasteiger partial charge >= 0.3 is 0 Å². The van der Waals surface area contributed by atoms with Crippen LogP contribution in [0.5, 0.6) is 0 Å². The first-order valence-electron chi connectivity index (χ1n) is 8.27. The highest BCUT2D eigenvalue weighted by molar-refractivity contribution is 5.60. The summed E-state index contributed by atoms with van der Waals surface area (Å²) in [6, 6.07) is 17.9. The molecule has 0 saturated carbocycles. The summed E-state index contributed by atoms with van der Waals surface area (Å²) in [7, 11) is 0. The molecule has 1 aliphatic heterocycles. The second-order valence-electron chi connectivity index (χ2n) is 5.81. The molecule has 0 radical (unpaired) electrons. The second kappa shape index (κ2) is 6.82. The first kappa shape index (κ1) is 15.5. The van der Waals surface area contributed by atoms with E-state index in [9.17, 15) is 0 Å². The van der Waals surface area contributed by atoms with Crippen molar-refractivity contribution in [2.45, 2.75) is 0 Å². The van der Waals surface area contributed by atoms with Gasteiger partial charge in [0.05, 0.1) is 18.9 Å². The molecule has 4 rings (SSSR count). The zero-order valence-electron chi connectivity index (χ0n) is 13.8. The van der Waals surface area contributed by atoms with E-state index in [1.165, 1.54) is 5.69 Å². The molecule has 0 bridgehead atoms. The Morgan fingerprint density at radius 1 is 0.920 bits per heavy atom. The highest BCUT2D eigenvalue weighted by Gasteiger charge is 2.12. The van der Waals surface area contributed by atoms with Crippen LogP contribution >= 0.6 is 0 Å². The zero-order chi connectivity index (χ0) is 17.1. The summed E-state index contributed by atoms with van der Waals surface area (Å²) in [5.74, 6) is 0.819. The van der Waals surface area contributed by atoms with E-state index in [1.807, 2.05) is 42.5 Å². The van der Waals surface area contributed by atoms with Gasteiger partial charge in [-0.2, -0.15) is 9.67 Å². The largest absolute Gasteiger partial charge is 0.378 e. The van der Waals surface area contributed by atoms with Crippen LogP contribution < -0.4 is 16.0 Å². The van der Waals surface area contributed by atoms with Crippen molar-refractivity contribution in [2.24, 2.45) is 0 Å². The summed E-state index contributed by atoms with van der Waals surface area (Å²) in [6.45, 7) is 3.40. The molecule has 0 atom stereocenters. The van der Waals surface area contributed by atoms with Crippen molar-refractivity contribution >= 4 is 23.3 Å². The second-order valence-corrected chi connectivity index (χ2v) is 5.81. The molecule has 25 heavy (non-hydrogen) atoms. The zero-order valence-corrected chi connectivity index (χ0v) is 13.8. The molecule has 1 aromatic heterocycles. The fourth-order valence-corrected chi connectivity index (χ4v) is 2.84. The average Bonchev–Trinajstić information content (AvgIpc) is 3.04. The van der Waals surface area contributed by atoms with Gasteiger partial charge in [0.2, 0.25) is 11.9 Å². The van der Waals surface area contributed by atoms with Gasteiger partial charge in [0, 0.05) is 24.5 Å². The van der Waals surface area contributed by atoms with Crippen molar-refractivity contribution in [1.29, 1.82) is 0 Å². The first-order chi connectivity index (χ1) is 12.3. The van der Waals surface area contributed by atoms with E-state index in [-0.39, 0.29) is 0 Å². The van der Waals surface area contributed by atoms with Gasteiger partial charge in [0.15, 0.2) is 0 Å². The fraction of sp³-hybridized carbons (Fsp3) is 0.222. The number of aromatic nitrogens is 3. The third-order valence-electron chi connectivity index (χ3n) is 4.13. The molecule has 2 heterocycles. The standard InChI is InChI=1S/C18H20N6O/c19-17-21-18(22-24(17)16-4-2-1-3-5-16)20-14-6-8-15(9-7-14)23-10-12-25-13-11-23/h1-9H,10-13H2,(H3,19,20,21,22). The number of benzene rings is 2. The van der Waals surface area contributed by atoms with Crippen LogP contribution in [0.25, 0.3) is 5.69 Å². The smallest absolute Gasteiger partial charge is 0.248 e. The van der Waals surface area contributed by atoms with Crippen molar-refractivity contribution in [2.75, 3.05) is 42.3 Å². The third kappa shape index (κ3) is 3.41. The van der Waals surface area contributed by atoms with Crippen molar-refractivity contribution in [3.8, 4) is 5.69 Å². The molecule has 1 fully saturated rings. The van der Waals surface area contributed by atoms with Gasteiger partial charge in [-0.15, -0.1) is 5.10 Å². The lowest BCUT2D eigenvalue weighted by Gasteiger charge is -2.28. The number of hydrogen-bond acceptors (Lipinski definition) is 6.